The van der Waals surface area contributed by atoms with E-state index in [1.807, 2.05) is 52.8 Å². The third kappa shape index (κ3) is 9.04. The molecule has 0 aliphatic carbocycles. The highest BCUT2D eigenvalue weighted by Gasteiger charge is 2.38. The zero-order valence-corrected chi connectivity index (χ0v) is 23.0. The van der Waals surface area contributed by atoms with Gasteiger partial charge in [0.1, 0.15) is 17.7 Å². The molecule has 0 fully saturated rings. The van der Waals surface area contributed by atoms with Gasteiger partial charge in [-0.3, -0.25) is 9.59 Å². The van der Waals surface area contributed by atoms with Crippen LogP contribution in [-0.4, -0.2) is 47.0 Å². The molecule has 3 unspecified atom stereocenters. The summed E-state index contributed by atoms with van der Waals surface area (Å²) in [5.74, 6) is -0.849. The van der Waals surface area contributed by atoms with Crippen LogP contribution in [0.3, 0.4) is 0 Å². The van der Waals surface area contributed by atoms with Crippen molar-refractivity contribution in [2.75, 3.05) is 6.54 Å². The van der Waals surface area contributed by atoms with E-state index in [1.54, 1.807) is 26.8 Å². The van der Waals surface area contributed by atoms with E-state index in [1.165, 1.54) is 4.90 Å². The number of aryl methyl sites for hydroxylation is 2. The molecule has 196 valence electrons. The van der Waals surface area contributed by atoms with Crippen LogP contribution in [0.5, 0.6) is 0 Å². The summed E-state index contributed by atoms with van der Waals surface area (Å²) in [6.45, 7) is 20.9. The van der Waals surface area contributed by atoms with Gasteiger partial charge in [0, 0.05) is 12.6 Å². The van der Waals surface area contributed by atoms with Crippen LogP contribution < -0.4 is 10.6 Å². The number of nitrogens with one attached hydrogen (secondary N) is 2. The molecular formula is C28H45N3O4. The Labute approximate surface area is 211 Å². The van der Waals surface area contributed by atoms with Crippen LogP contribution in [0.15, 0.2) is 30.9 Å². The molecule has 0 saturated heterocycles. The number of alkyl carbamates (subject to hydrolysis) is 1. The number of carbonyl (C=O) groups excluding carboxylic acids is 3. The molecular weight excluding hydrogens is 442 g/mol. The van der Waals surface area contributed by atoms with E-state index in [0.29, 0.717) is 0 Å². The second kappa shape index (κ2) is 13.3. The monoisotopic (exact) mass is 487 g/mol. The number of carbonyl (C=O) groups is 3. The summed E-state index contributed by atoms with van der Waals surface area (Å²) in [7, 11) is 0. The first-order valence-electron chi connectivity index (χ1n) is 12.5. The summed E-state index contributed by atoms with van der Waals surface area (Å²) in [5, 5.41) is 5.82. The van der Waals surface area contributed by atoms with Gasteiger partial charge in [-0.2, -0.15) is 0 Å². The van der Waals surface area contributed by atoms with Gasteiger partial charge < -0.3 is 20.3 Å². The van der Waals surface area contributed by atoms with Gasteiger partial charge in [0.15, 0.2) is 0 Å². The van der Waals surface area contributed by atoms with Crippen LogP contribution in [0, 0.1) is 19.8 Å². The zero-order chi connectivity index (χ0) is 26.9. The molecule has 7 nitrogen and oxygen atoms in total. The number of benzene rings is 1. The molecule has 0 spiro atoms. The number of hydrogen-bond donors (Lipinski definition) is 2. The van der Waals surface area contributed by atoms with Gasteiger partial charge in [-0.25, -0.2) is 4.79 Å². The Morgan fingerprint density at radius 1 is 1.09 bits per heavy atom. The average Bonchev–Trinajstić information content (AvgIpc) is 2.71. The zero-order valence-electron chi connectivity index (χ0n) is 23.0. The van der Waals surface area contributed by atoms with E-state index < -0.39 is 23.8 Å². The quantitative estimate of drug-likeness (QED) is 0.419. The fraction of sp³-hybridized carbons (Fsp3) is 0.607. The first-order chi connectivity index (χ1) is 16.2. The van der Waals surface area contributed by atoms with Crippen molar-refractivity contribution >= 4 is 17.9 Å². The largest absolute Gasteiger partial charge is 0.444 e. The van der Waals surface area contributed by atoms with Crippen molar-refractivity contribution in [2.24, 2.45) is 5.92 Å². The smallest absolute Gasteiger partial charge is 0.408 e. The van der Waals surface area contributed by atoms with Crippen molar-refractivity contribution in [2.45, 2.75) is 98.9 Å². The summed E-state index contributed by atoms with van der Waals surface area (Å²) >= 11 is 0. The first-order valence-corrected chi connectivity index (χ1v) is 12.5. The number of rotatable bonds is 11. The highest BCUT2D eigenvalue weighted by atomic mass is 16.6. The Bertz CT molecular complexity index is 868. The minimum absolute atomic E-state index is 0.0409. The molecule has 2 N–H and O–H groups in total. The summed E-state index contributed by atoms with van der Waals surface area (Å²) in [6.07, 6.45) is 2.69. The van der Waals surface area contributed by atoms with Crippen molar-refractivity contribution in [3.8, 4) is 0 Å². The Balaban J connectivity index is 3.53. The van der Waals surface area contributed by atoms with E-state index in [2.05, 4.69) is 24.1 Å². The molecule has 1 rings (SSSR count). The third-order valence-electron chi connectivity index (χ3n) is 5.70. The molecule has 7 heteroatoms. The van der Waals surface area contributed by atoms with Crippen LogP contribution in [0.4, 0.5) is 4.79 Å². The normalized spacial score (nSPS) is 14.0. The molecule has 0 radical (unpaired) electrons. The van der Waals surface area contributed by atoms with Gasteiger partial charge in [0.25, 0.3) is 0 Å². The van der Waals surface area contributed by atoms with E-state index >= 15 is 0 Å². The van der Waals surface area contributed by atoms with Gasteiger partial charge in [-0.05, 0) is 70.6 Å². The van der Waals surface area contributed by atoms with E-state index in [4.69, 9.17) is 4.74 Å². The maximum atomic E-state index is 14.0. The molecule has 0 aromatic heterocycles. The standard InChI is InChI=1S/C28H45N3O4/c1-11-14-21(7)29-25(32)24(22-19(5)15-13-16-20(22)6)31(17-12-2)26(33)23(18(3)4)30-27(34)35-28(8,9)10/h12-13,15-16,18,21,23-24H,2,11,14,17H2,1,3-10H3,(H,29,32)(H,30,34). The second-order valence-corrected chi connectivity index (χ2v) is 10.6. The van der Waals surface area contributed by atoms with Crippen molar-refractivity contribution in [1.82, 2.24) is 15.5 Å². The van der Waals surface area contributed by atoms with Crippen molar-refractivity contribution in [1.29, 1.82) is 0 Å². The van der Waals surface area contributed by atoms with Crippen molar-refractivity contribution in [3.05, 3.63) is 47.5 Å². The van der Waals surface area contributed by atoms with Crippen LogP contribution in [-0.2, 0) is 14.3 Å². The fourth-order valence-corrected chi connectivity index (χ4v) is 4.10. The summed E-state index contributed by atoms with van der Waals surface area (Å²) < 4.78 is 5.40. The van der Waals surface area contributed by atoms with Gasteiger partial charge >= 0.3 is 6.09 Å². The lowest BCUT2D eigenvalue weighted by molar-refractivity contribution is -0.143. The molecule has 0 bridgehead atoms. The van der Waals surface area contributed by atoms with Crippen LogP contribution >= 0.6 is 0 Å². The SMILES string of the molecule is C=CCN(C(=O)C(NC(=O)OC(C)(C)C)C(C)C)C(C(=O)NC(C)CCC)c1c(C)cccc1C. The summed E-state index contributed by atoms with van der Waals surface area (Å²) in [6, 6.07) is 4.02. The van der Waals surface area contributed by atoms with Gasteiger partial charge in [0.2, 0.25) is 11.8 Å². The molecule has 0 heterocycles. The Hall–Kier alpha value is -2.83. The van der Waals surface area contributed by atoms with Crippen LogP contribution in [0.1, 0.15) is 84.0 Å². The third-order valence-corrected chi connectivity index (χ3v) is 5.70. The highest BCUT2D eigenvalue weighted by molar-refractivity contribution is 5.93. The van der Waals surface area contributed by atoms with E-state index in [0.717, 1.165) is 29.5 Å². The number of amides is 3. The average molecular weight is 488 g/mol. The second-order valence-electron chi connectivity index (χ2n) is 10.6. The number of hydrogen-bond acceptors (Lipinski definition) is 4. The summed E-state index contributed by atoms with van der Waals surface area (Å²) in [5.41, 5.74) is 1.90. The maximum absolute atomic E-state index is 14.0. The maximum Gasteiger partial charge on any atom is 0.408 e. The molecule has 3 atom stereocenters. The minimum atomic E-state index is -0.877. The Morgan fingerprint density at radius 2 is 1.66 bits per heavy atom. The van der Waals surface area contributed by atoms with Crippen LogP contribution in [0.2, 0.25) is 0 Å². The molecule has 3 amide bonds. The molecule has 0 aliphatic heterocycles. The van der Waals surface area contributed by atoms with Crippen LogP contribution in [0.25, 0.3) is 0 Å². The van der Waals surface area contributed by atoms with E-state index in [9.17, 15) is 14.4 Å². The number of nitrogens with zero attached hydrogens (tertiary/aromatic N) is 1. The lowest BCUT2D eigenvalue weighted by Gasteiger charge is -2.36. The van der Waals surface area contributed by atoms with Gasteiger partial charge in [-0.15, -0.1) is 6.58 Å². The molecule has 1 aromatic rings. The predicted molar refractivity (Wildman–Crippen MR) is 141 cm³/mol. The number of ether oxygens (including phenoxy) is 1. The molecule has 35 heavy (non-hydrogen) atoms. The highest BCUT2D eigenvalue weighted by Crippen LogP contribution is 2.29. The predicted octanol–water partition coefficient (Wildman–Crippen LogP) is 5.21. The van der Waals surface area contributed by atoms with E-state index in [-0.39, 0.29) is 30.3 Å². The molecule has 0 aliphatic rings. The molecule has 0 saturated carbocycles. The van der Waals surface area contributed by atoms with Gasteiger partial charge in [0.05, 0.1) is 0 Å². The molecule has 1 aromatic carbocycles. The lowest BCUT2D eigenvalue weighted by atomic mass is 9.92. The Kier molecular flexibility index (Phi) is 11.5. The topological polar surface area (TPSA) is 87.7 Å². The van der Waals surface area contributed by atoms with Crippen molar-refractivity contribution in [3.63, 3.8) is 0 Å². The minimum Gasteiger partial charge on any atom is -0.444 e. The van der Waals surface area contributed by atoms with Crippen molar-refractivity contribution < 1.29 is 19.1 Å². The fourth-order valence-electron chi connectivity index (χ4n) is 4.10. The summed E-state index contributed by atoms with van der Waals surface area (Å²) in [4.78, 5) is 41.7. The first kappa shape index (κ1) is 30.2. The lowest BCUT2D eigenvalue weighted by Crippen LogP contribution is -2.55. The van der Waals surface area contributed by atoms with Gasteiger partial charge in [-0.1, -0.05) is 51.5 Å². The Morgan fingerprint density at radius 3 is 2.11 bits per heavy atom.